The topological polar surface area (TPSA) is 20.2 Å². The summed E-state index contributed by atoms with van der Waals surface area (Å²) in [4.78, 5) is 0. The number of allylic oxidation sites excluding steroid dienone is 1. The number of aliphatic hydroxyl groups excluding tert-OH is 1. The lowest BCUT2D eigenvalue weighted by Crippen LogP contribution is -1.92. The second kappa shape index (κ2) is 4.73. The third-order valence-electron chi connectivity index (χ3n) is 1.61. The molecule has 1 heteroatoms. The van der Waals surface area contributed by atoms with E-state index in [0.29, 0.717) is 0 Å². The molecule has 64 valence electrons. The van der Waals surface area contributed by atoms with Crippen LogP contribution in [0.3, 0.4) is 0 Å². The number of rotatable bonds is 3. The van der Waals surface area contributed by atoms with E-state index in [4.69, 9.17) is 5.11 Å². The highest BCUT2D eigenvalue weighted by molar-refractivity contribution is 5.17. The summed E-state index contributed by atoms with van der Waals surface area (Å²) in [5.74, 6) is 0. The van der Waals surface area contributed by atoms with Crippen LogP contribution in [0.4, 0.5) is 0 Å². The van der Waals surface area contributed by atoms with Gasteiger partial charge < -0.3 is 5.11 Å². The van der Waals surface area contributed by atoms with Crippen molar-refractivity contribution in [1.82, 2.24) is 0 Å². The van der Waals surface area contributed by atoms with Crippen molar-refractivity contribution in [2.45, 2.75) is 19.4 Å². The van der Waals surface area contributed by atoms with Gasteiger partial charge >= 0.3 is 0 Å². The molecule has 0 bridgehead atoms. The minimum atomic E-state index is -0.339. The second-order valence-electron chi connectivity index (χ2n) is 2.86. The fraction of sp³-hybridized carbons (Fsp3) is 0.273. The van der Waals surface area contributed by atoms with E-state index in [1.165, 1.54) is 5.56 Å². The number of aliphatic hydroxyl groups is 1. The highest BCUT2D eigenvalue weighted by Crippen LogP contribution is 2.00. The predicted molar refractivity (Wildman–Crippen MR) is 51.0 cm³/mol. The first-order valence-corrected chi connectivity index (χ1v) is 4.17. The molecule has 0 aliphatic rings. The van der Waals surface area contributed by atoms with E-state index in [-0.39, 0.29) is 6.10 Å². The van der Waals surface area contributed by atoms with Gasteiger partial charge in [0.05, 0.1) is 6.10 Å². The van der Waals surface area contributed by atoms with Gasteiger partial charge in [0.25, 0.3) is 0 Å². The van der Waals surface area contributed by atoms with Crippen LogP contribution < -0.4 is 0 Å². The summed E-state index contributed by atoms with van der Waals surface area (Å²) in [6.45, 7) is 1.75. The maximum atomic E-state index is 8.94. The Kier molecular flexibility index (Phi) is 3.55. The molecule has 1 aromatic rings. The minimum Gasteiger partial charge on any atom is -0.389 e. The van der Waals surface area contributed by atoms with Crippen LogP contribution in [0.15, 0.2) is 42.5 Å². The highest BCUT2D eigenvalue weighted by Gasteiger charge is 1.87. The van der Waals surface area contributed by atoms with Crippen molar-refractivity contribution in [2.75, 3.05) is 0 Å². The molecule has 0 saturated heterocycles. The van der Waals surface area contributed by atoms with Crippen molar-refractivity contribution < 1.29 is 5.11 Å². The van der Waals surface area contributed by atoms with Gasteiger partial charge in [0.1, 0.15) is 0 Å². The van der Waals surface area contributed by atoms with E-state index >= 15 is 0 Å². The van der Waals surface area contributed by atoms with E-state index in [9.17, 15) is 0 Å². The van der Waals surface area contributed by atoms with E-state index in [1.54, 1.807) is 13.0 Å². The predicted octanol–water partition coefficient (Wildman–Crippen LogP) is 2.17. The number of hydrogen-bond acceptors (Lipinski definition) is 1. The molecule has 0 radical (unpaired) electrons. The Morgan fingerprint density at radius 3 is 2.58 bits per heavy atom. The average molecular weight is 162 g/mol. The molecule has 0 aromatic heterocycles. The zero-order valence-electron chi connectivity index (χ0n) is 7.27. The molecule has 0 spiro atoms. The van der Waals surface area contributed by atoms with E-state index in [1.807, 2.05) is 24.3 Å². The van der Waals surface area contributed by atoms with Crippen LogP contribution in [0.1, 0.15) is 12.5 Å². The monoisotopic (exact) mass is 162 g/mol. The second-order valence-corrected chi connectivity index (χ2v) is 2.86. The molecular weight excluding hydrogens is 148 g/mol. The van der Waals surface area contributed by atoms with Gasteiger partial charge in [-0.05, 0) is 18.9 Å². The Bertz CT molecular complexity index is 236. The molecule has 0 amide bonds. The minimum absolute atomic E-state index is 0.339. The molecule has 1 nitrogen and oxygen atoms in total. The summed E-state index contributed by atoms with van der Waals surface area (Å²) >= 11 is 0. The summed E-state index contributed by atoms with van der Waals surface area (Å²) in [7, 11) is 0. The maximum absolute atomic E-state index is 8.94. The molecule has 0 fully saturated rings. The Balaban J connectivity index is 2.43. The molecule has 1 N–H and O–H groups in total. The number of benzene rings is 1. The van der Waals surface area contributed by atoms with Gasteiger partial charge in [0.2, 0.25) is 0 Å². The van der Waals surface area contributed by atoms with Crippen LogP contribution in [0.5, 0.6) is 0 Å². The third-order valence-corrected chi connectivity index (χ3v) is 1.61. The highest BCUT2D eigenvalue weighted by atomic mass is 16.3. The Labute approximate surface area is 73.4 Å². The van der Waals surface area contributed by atoms with Gasteiger partial charge in [-0.15, -0.1) is 0 Å². The third kappa shape index (κ3) is 3.35. The molecule has 1 aromatic carbocycles. The Morgan fingerprint density at radius 2 is 2.00 bits per heavy atom. The maximum Gasteiger partial charge on any atom is 0.0692 e. The molecule has 0 heterocycles. The zero-order chi connectivity index (χ0) is 8.81. The van der Waals surface area contributed by atoms with E-state index in [2.05, 4.69) is 12.1 Å². The summed E-state index contributed by atoms with van der Waals surface area (Å²) in [5, 5.41) is 8.94. The van der Waals surface area contributed by atoms with Gasteiger partial charge in [-0.2, -0.15) is 0 Å². The summed E-state index contributed by atoms with van der Waals surface area (Å²) < 4.78 is 0. The molecule has 1 atom stereocenters. The van der Waals surface area contributed by atoms with Crippen molar-refractivity contribution in [3.05, 3.63) is 48.0 Å². The van der Waals surface area contributed by atoms with Gasteiger partial charge in [-0.25, -0.2) is 0 Å². The van der Waals surface area contributed by atoms with Gasteiger partial charge in [0.15, 0.2) is 0 Å². The standard InChI is InChI=1S/C11H14O/c1-10(12)6-5-9-11-7-3-2-4-8-11/h2-8,10,12H,9H2,1H3/b6-5+. The summed E-state index contributed by atoms with van der Waals surface area (Å²) in [6.07, 6.45) is 4.34. The molecular formula is C11H14O. The van der Waals surface area contributed by atoms with Crippen molar-refractivity contribution >= 4 is 0 Å². The van der Waals surface area contributed by atoms with Gasteiger partial charge in [0, 0.05) is 0 Å². The first kappa shape index (κ1) is 9.01. The molecule has 0 aliphatic carbocycles. The summed E-state index contributed by atoms with van der Waals surface area (Å²) in [6, 6.07) is 10.2. The van der Waals surface area contributed by atoms with Crippen molar-refractivity contribution in [1.29, 1.82) is 0 Å². The molecule has 1 rings (SSSR count). The van der Waals surface area contributed by atoms with Crippen LogP contribution in [-0.4, -0.2) is 11.2 Å². The van der Waals surface area contributed by atoms with Gasteiger partial charge in [-0.3, -0.25) is 0 Å². The largest absolute Gasteiger partial charge is 0.389 e. The normalized spacial score (nSPS) is 13.5. The van der Waals surface area contributed by atoms with E-state index in [0.717, 1.165) is 6.42 Å². The molecule has 0 aliphatic heterocycles. The van der Waals surface area contributed by atoms with Crippen molar-refractivity contribution in [3.63, 3.8) is 0 Å². The van der Waals surface area contributed by atoms with Crippen LogP contribution in [0, 0.1) is 0 Å². The smallest absolute Gasteiger partial charge is 0.0692 e. The van der Waals surface area contributed by atoms with Crippen LogP contribution in [0.25, 0.3) is 0 Å². The first-order valence-electron chi connectivity index (χ1n) is 4.17. The zero-order valence-corrected chi connectivity index (χ0v) is 7.27. The lowest BCUT2D eigenvalue weighted by atomic mass is 10.1. The molecule has 0 saturated carbocycles. The number of hydrogen-bond donors (Lipinski definition) is 1. The average Bonchev–Trinajstić information content (AvgIpc) is 2.05. The fourth-order valence-corrected chi connectivity index (χ4v) is 1.02. The lowest BCUT2D eigenvalue weighted by Gasteiger charge is -1.95. The van der Waals surface area contributed by atoms with E-state index < -0.39 is 0 Å². The summed E-state index contributed by atoms with van der Waals surface area (Å²) in [5.41, 5.74) is 1.27. The van der Waals surface area contributed by atoms with Crippen LogP contribution in [-0.2, 0) is 6.42 Å². The van der Waals surface area contributed by atoms with Crippen molar-refractivity contribution in [2.24, 2.45) is 0 Å². The first-order chi connectivity index (χ1) is 5.79. The Hall–Kier alpha value is -1.08. The van der Waals surface area contributed by atoms with Gasteiger partial charge in [-0.1, -0.05) is 42.5 Å². The van der Waals surface area contributed by atoms with Crippen LogP contribution in [0.2, 0.25) is 0 Å². The van der Waals surface area contributed by atoms with Crippen LogP contribution >= 0.6 is 0 Å². The molecule has 1 unspecified atom stereocenters. The fourth-order valence-electron chi connectivity index (χ4n) is 1.02. The van der Waals surface area contributed by atoms with Crippen molar-refractivity contribution in [3.8, 4) is 0 Å². The lowest BCUT2D eigenvalue weighted by molar-refractivity contribution is 0.244. The molecule has 12 heavy (non-hydrogen) atoms. The SMILES string of the molecule is CC(O)/C=C/Cc1ccccc1. The Morgan fingerprint density at radius 1 is 1.33 bits per heavy atom. The quantitative estimate of drug-likeness (QED) is 0.675.